The lowest BCUT2D eigenvalue weighted by molar-refractivity contribution is -0.140. The van der Waals surface area contributed by atoms with Gasteiger partial charge in [0, 0.05) is 17.3 Å². The molecule has 8 nitrogen and oxygen atoms in total. The fourth-order valence-electron chi connectivity index (χ4n) is 3.30. The van der Waals surface area contributed by atoms with E-state index in [-0.39, 0.29) is 24.4 Å². The zero-order valence-corrected chi connectivity index (χ0v) is 18.5. The molecule has 2 aromatic carbocycles. The van der Waals surface area contributed by atoms with Crippen LogP contribution in [0.4, 0.5) is 10.5 Å². The van der Waals surface area contributed by atoms with E-state index in [2.05, 4.69) is 21.2 Å². The third-order valence-corrected chi connectivity index (χ3v) is 5.27. The van der Waals surface area contributed by atoms with Gasteiger partial charge in [-0.25, -0.2) is 14.4 Å². The van der Waals surface area contributed by atoms with Crippen molar-refractivity contribution in [2.24, 2.45) is 0 Å². The Hall–Kier alpha value is -3.17. The summed E-state index contributed by atoms with van der Waals surface area (Å²) in [4.78, 5) is 38.4. The number of benzene rings is 2. The van der Waals surface area contributed by atoms with Gasteiger partial charge in [-0.15, -0.1) is 0 Å². The normalized spacial score (nSPS) is 16.2. The van der Waals surface area contributed by atoms with E-state index in [0.29, 0.717) is 16.9 Å². The van der Waals surface area contributed by atoms with Crippen LogP contribution in [0.2, 0.25) is 0 Å². The first-order valence-electron chi connectivity index (χ1n) is 9.39. The number of carboxylic acid groups (broad SMARTS) is 1. The van der Waals surface area contributed by atoms with Crippen LogP contribution in [0.15, 0.2) is 64.3 Å². The molecule has 9 heteroatoms. The molecule has 1 aliphatic heterocycles. The SMILES string of the molecule is COCCOC(=O)C1=C(C)N(c2ccc(C(=O)O)cc2)C(=O)N[C@@H]1c1cccc(Br)c1. The summed E-state index contributed by atoms with van der Waals surface area (Å²) >= 11 is 3.41. The predicted octanol–water partition coefficient (Wildman–Crippen LogP) is 3.88. The van der Waals surface area contributed by atoms with Crippen molar-refractivity contribution in [2.45, 2.75) is 13.0 Å². The number of halogens is 1. The Kier molecular flexibility index (Phi) is 7.09. The molecule has 3 rings (SSSR count). The molecule has 162 valence electrons. The number of anilines is 1. The van der Waals surface area contributed by atoms with E-state index in [1.54, 1.807) is 6.92 Å². The molecule has 1 atom stereocenters. The van der Waals surface area contributed by atoms with Crippen molar-refractivity contribution in [2.75, 3.05) is 25.2 Å². The van der Waals surface area contributed by atoms with Gasteiger partial charge in [-0.3, -0.25) is 4.90 Å². The second-order valence-corrected chi connectivity index (χ2v) is 7.67. The molecule has 1 aliphatic rings. The summed E-state index contributed by atoms with van der Waals surface area (Å²) in [5.74, 6) is -1.65. The largest absolute Gasteiger partial charge is 0.478 e. The number of urea groups is 1. The summed E-state index contributed by atoms with van der Waals surface area (Å²) in [5.41, 5.74) is 1.89. The molecule has 2 aromatic rings. The van der Waals surface area contributed by atoms with E-state index in [9.17, 15) is 14.4 Å². The third kappa shape index (κ3) is 4.95. The van der Waals surface area contributed by atoms with E-state index < -0.39 is 24.0 Å². The number of amides is 2. The number of carboxylic acids is 1. The van der Waals surface area contributed by atoms with Gasteiger partial charge in [0.1, 0.15) is 6.61 Å². The van der Waals surface area contributed by atoms with Crippen molar-refractivity contribution in [1.82, 2.24) is 5.32 Å². The van der Waals surface area contributed by atoms with Crippen molar-refractivity contribution in [3.63, 3.8) is 0 Å². The van der Waals surface area contributed by atoms with Crippen LogP contribution in [-0.2, 0) is 14.3 Å². The predicted molar refractivity (Wildman–Crippen MR) is 117 cm³/mol. The first-order chi connectivity index (χ1) is 14.8. The molecule has 0 unspecified atom stereocenters. The molecule has 1 heterocycles. The van der Waals surface area contributed by atoms with Gasteiger partial charge in [-0.05, 0) is 48.9 Å². The van der Waals surface area contributed by atoms with Crippen molar-refractivity contribution >= 4 is 39.6 Å². The van der Waals surface area contributed by atoms with E-state index in [1.165, 1.54) is 36.3 Å². The molecule has 0 bridgehead atoms. The Labute approximate surface area is 187 Å². The first-order valence-corrected chi connectivity index (χ1v) is 10.2. The summed E-state index contributed by atoms with van der Waals surface area (Å²) < 4.78 is 11.1. The van der Waals surface area contributed by atoms with Crippen LogP contribution in [0.3, 0.4) is 0 Å². The minimum Gasteiger partial charge on any atom is -0.478 e. The Morgan fingerprint density at radius 2 is 1.87 bits per heavy atom. The quantitative estimate of drug-likeness (QED) is 0.452. The minimum atomic E-state index is -1.07. The standard InChI is InChI=1S/C22H21BrN2O6/c1-13-18(21(28)31-11-10-30-2)19(15-4-3-5-16(23)12-15)24-22(29)25(13)17-8-6-14(7-9-17)20(26)27/h3-9,12,19H,10-11H2,1-2H3,(H,24,29)(H,26,27)/t19-/m1/s1. The van der Waals surface area contributed by atoms with E-state index in [0.717, 1.165) is 4.47 Å². The maximum atomic E-state index is 13.0. The summed E-state index contributed by atoms with van der Waals surface area (Å²) in [7, 11) is 1.51. The summed E-state index contributed by atoms with van der Waals surface area (Å²) in [5, 5.41) is 12.0. The monoisotopic (exact) mass is 488 g/mol. The number of carbonyl (C=O) groups excluding carboxylic acids is 2. The van der Waals surface area contributed by atoms with Gasteiger partial charge < -0.3 is 19.9 Å². The van der Waals surface area contributed by atoms with Crippen LogP contribution in [0.5, 0.6) is 0 Å². The van der Waals surface area contributed by atoms with Gasteiger partial charge in [-0.1, -0.05) is 28.1 Å². The van der Waals surface area contributed by atoms with Crippen molar-refractivity contribution in [3.05, 3.63) is 75.4 Å². The second-order valence-electron chi connectivity index (χ2n) is 6.75. The molecule has 2 N–H and O–H groups in total. The Bertz CT molecular complexity index is 1030. The van der Waals surface area contributed by atoms with Gasteiger partial charge in [0.2, 0.25) is 0 Å². The topological polar surface area (TPSA) is 105 Å². The molecule has 0 saturated carbocycles. The van der Waals surface area contributed by atoms with Crippen molar-refractivity contribution in [3.8, 4) is 0 Å². The molecular weight excluding hydrogens is 468 g/mol. The third-order valence-electron chi connectivity index (χ3n) is 4.78. The molecular formula is C22H21BrN2O6. The van der Waals surface area contributed by atoms with Crippen LogP contribution in [0.1, 0.15) is 28.9 Å². The molecule has 31 heavy (non-hydrogen) atoms. The zero-order valence-electron chi connectivity index (χ0n) is 16.9. The van der Waals surface area contributed by atoms with E-state index in [1.807, 2.05) is 24.3 Å². The second kappa shape index (κ2) is 9.76. The van der Waals surface area contributed by atoms with Crippen LogP contribution >= 0.6 is 15.9 Å². The summed E-state index contributed by atoms with van der Waals surface area (Å²) in [6.45, 7) is 1.96. The Balaban J connectivity index is 2.06. The summed E-state index contributed by atoms with van der Waals surface area (Å²) in [6, 6.07) is 11.9. The molecule has 0 fully saturated rings. The number of hydrogen-bond donors (Lipinski definition) is 2. The van der Waals surface area contributed by atoms with E-state index >= 15 is 0 Å². The number of hydrogen-bond acceptors (Lipinski definition) is 5. The lowest BCUT2D eigenvalue weighted by atomic mass is 9.94. The number of methoxy groups -OCH3 is 1. The number of ether oxygens (including phenoxy) is 2. The molecule has 0 radical (unpaired) electrons. The van der Waals surface area contributed by atoms with E-state index in [4.69, 9.17) is 14.6 Å². The highest BCUT2D eigenvalue weighted by Crippen LogP contribution is 2.35. The minimum absolute atomic E-state index is 0.0680. The summed E-state index contributed by atoms with van der Waals surface area (Å²) in [6.07, 6.45) is 0. The number of nitrogens with zero attached hydrogens (tertiary/aromatic N) is 1. The number of carbonyl (C=O) groups is 3. The number of allylic oxidation sites excluding steroid dienone is 1. The highest BCUT2D eigenvalue weighted by molar-refractivity contribution is 9.10. The molecule has 0 aromatic heterocycles. The average molecular weight is 489 g/mol. The number of aromatic carboxylic acids is 1. The van der Waals surface area contributed by atoms with Crippen LogP contribution < -0.4 is 10.2 Å². The van der Waals surface area contributed by atoms with Gasteiger partial charge >= 0.3 is 18.0 Å². The van der Waals surface area contributed by atoms with Crippen molar-refractivity contribution in [1.29, 1.82) is 0 Å². The van der Waals surface area contributed by atoms with Crippen LogP contribution in [0, 0.1) is 0 Å². The maximum absolute atomic E-state index is 13.0. The fraction of sp³-hybridized carbons (Fsp3) is 0.227. The number of nitrogens with one attached hydrogen (secondary N) is 1. The lowest BCUT2D eigenvalue weighted by Gasteiger charge is -2.35. The lowest BCUT2D eigenvalue weighted by Crippen LogP contribution is -2.48. The van der Waals surface area contributed by atoms with Gasteiger partial charge in [-0.2, -0.15) is 0 Å². The highest BCUT2D eigenvalue weighted by atomic mass is 79.9. The zero-order chi connectivity index (χ0) is 22.5. The van der Waals surface area contributed by atoms with Gasteiger partial charge in [0.25, 0.3) is 0 Å². The Morgan fingerprint density at radius 1 is 1.16 bits per heavy atom. The fourth-order valence-corrected chi connectivity index (χ4v) is 3.72. The number of rotatable bonds is 7. The number of esters is 1. The van der Waals surface area contributed by atoms with Gasteiger partial charge in [0.05, 0.1) is 29.5 Å². The Morgan fingerprint density at radius 3 is 2.48 bits per heavy atom. The van der Waals surface area contributed by atoms with Crippen molar-refractivity contribution < 1.29 is 29.0 Å². The average Bonchev–Trinajstić information content (AvgIpc) is 2.73. The smallest absolute Gasteiger partial charge is 0.338 e. The van der Waals surface area contributed by atoms with Crippen LogP contribution in [0.25, 0.3) is 0 Å². The molecule has 0 spiro atoms. The molecule has 0 aliphatic carbocycles. The highest BCUT2D eigenvalue weighted by Gasteiger charge is 2.37. The molecule has 2 amide bonds. The first kappa shape index (κ1) is 22.5. The van der Waals surface area contributed by atoms with Gasteiger partial charge in [0.15, 0.2) is 0 Å². The van der Waals surface area contributed by atoms with Crippen LogP contribution in [-0.4, -0.2) is 43.4 Å². The molecule has 0 saturated heterocycles. The maximum Gasteiger partial charge on any atom is 0.338 e.